The molecule has 0 atom stereocenters. The maximum atomic E-state index is 10.9. The summed E-state index contributed by atoms with van der Waals surface area (Å²) in [5.41, 5.74) is 3.36. The molecule has 92 valence electrons. The molecule has 0 saturated carbocycles. The fourth-order valence-corrected chi connectivity index (χ4v) is 2.06. The number of benzene rings is 2. The van der Waals surface area contributed by atoms with Gasteiger partial charge in [-0.3, -0.25) is 0 Å². The summed E-state index contributed by atoms with van der Waals surface area (Å²) in [6, 6.07) is 13.2. The van der Waals surface area contributed by atoms with Gasteiger partial charge in [0.15, 0.2) is 0 Å². The van der Waals surface area contributed by atoms with Gasteiger partial charge < -0.3 is 5.11 Å². The molecule has 0 amide bonds. The second kappa shape index (κ2) is 5.23. The van der Waals surface area contributed by atoms with E-state index in [9.17, 15) is 4.79 Å². The molecule has 0 spiro atoms. The molecular formula is C15H13ClO2. The molecule has 0 aliphatic carbocycles. The lowest BCUT2D eigenvalue weighted by Gasteiger charge is -2.05. The van der Waals surface area contributed by atoms with E-state index in [0.29, 0.717) is 0 Å². The number of aromatic carboxylic acids is 1. The van der Waals surface area contributed by atoms with Crippen molar-refractivity contribution in [3.8, 4) is 11.1 Å². The van der Waals surface area contributed by atoms with Crippen molar-refractivity contribution < 1.29 is 9.90 Å². The Morgan fingerprint density at radius 3 is 2.22 bits per heavy atom. The summed E-state index contributed by atoms with van der Waals surface area (Å²) in [5, 5.41) is 9.17. The van der Waals surface area contributed by atoms with Crippen molar-refractivity contribution in [1.29, 1.82) is 0 Å². The molecule has 2 aromatic rings. The molecule has 18 heavy (non-hydrogen) atoms. The number of carbonyl (C=O) groups is 1. The fourth-order valence-electron chi connectivity index (χ4n) is 1.80. The number of aryl methyl sites for hydroxylation is 1. The van der Waals surface area contributed by atoms with Crippen LogP contribution >= 0.6 is 11.6 Å². The van der Waals surface area contributed by atoms with E-state index in [0.717, 1.165) is 17.5 Å². The highest BCUT2D eigenvalue weighted by atomic mass is 35.5. The summed E-state index contributed by atoms with van der Waals surface area (Å²) in [5.74, 6) is -1.01. The van der Waals surface area contributed by atoms with Crippen LogP contribution in [-0.2, 0) is 6.42 Å². The molecule has 3 heteroatoms. The van der Waals surface area contributed by atoms with E-state index in [1.165, 1.54) is 11.6 Å². The highest BCUT2D eigenvalue weighted by molar-refractivity contribution is 6.33. The average molecular weight is 261 g/mol. The molecule has 0 aliphatic heterocycles. The van der Waals surface area contributed by atoms with Gasteiger partial charge >= 0.3 is 5.97 Å². The van der Waals surface area contributed by atoms with Gasteiger partial charge in [0.25, 0.3) is 0 Å². The first kappa shape index (κ1) is 12.7. The molecule has 0 heterocycles. The van der Waals surface area contributed by atoms with Crippen LogP contribution in [0.4, 0.5) is 0 Å². The number of rotatable bonds is 3. The Bertz CT molecular complexity index is 574. The molecule has 0 radical (unpaired) electrons. The molecule has 2 nitrogen and oxygen atoms in total. The average Bonchev–Trinajstić information content (AvgIpc) is 2.38. The van der Waals surface area contributed by atoms with Gasteiger partial charge in [0.05, 0.1) is 10.6 Å². The molecular weight excluding hydrogens is 248 g/mol. The van der Waals surface area contributed by atoms with Crippen molar-refractivity contribution in [3.63, 3.8) is 0 Å². The highest BCUT2D eigenvalue weighted by Crippen LogP contribution is 2.26. The highest BCUT2D eigenvalue weighted by Gasteiger charge is 2.09. The minimum Gasteiger partial charge on any atom is -0.478 e. The van der Waals surface area contributed by atoms with Crippen molar-refractivity contribution in [1.82, 2.24) is 0 Å². The summed E-state index contributed by atoms with van der Waals surface area (Å²) >= 11 is 5.95. The second-order valence-electron chi connectivity index (χ2n) is 4.05. The molecule has 0 aromatic heterocycles. The quantitative estimate of drug-likeness (QED) is 0.895. The van der Waals surface area contributed by atoms with Gasteiger partial charge in [-0.2, -0.15) is 0 Å². The second-order valence-corrected chi connectivity index (χ2v) is 4.46. The maximum absolute atomic E-state index is 10.9. The first-order valence-electron chi connectivity index (χ1n) is 5.74. The number of halogens is 1. The molecule has 0 unspecified atom stereocenters. The van der Waals surface area contributed by atoms with Gasteiger partial charge in [-0.1, -0.05) is 48.9 Å². The summed E-state index contributed by atoms with van der Waals surface area (Å²) in [4.78, 5) is 10.9. The topological polar surface area (TPSA) is 37.3 Å². The van der Waals surface area contributed by atoms with E-state index in [1.807, 2.05) is 12.1 Å². The Labute approximate surface area is 111 Å². The Morgan fingerprint density at radius 2 is 1.72 bits per heavy atom. The minimum absolute atomic E-state index is 0.130. The van der Waals surface area contributed by atoms with Crippen molar-refractivity contribution in [2.75, 3.05) is 0 Å². The van der Waals surface area contributed by atoms with Crippen LogP contribution in [0.3, 0.4) is 0 Å². The smallest absolute Gasteiger partial charge is 0.337 e. The Hall–Kier alpha value is -1.80. The monoisotopic (exact) mass is 260 g/mol. The minimum atomic E-state index is -1.01. The molecule has 0 saturated heterocycles. The van der Waals surface area contributed by atoms with Crippen LogP contribution in [-0.4, -0.2) is 11.1 Å². The lowest BCUT2D eigenvalue weighted by molar-refractivity contribution is 0.0697. The van der Waals surface area contributed by atoms with E-state index in [1.54, 1.807) is 12.1 Å². The lowest BCUT2D eigenvalue weighted by Crippen LogP contribution is -1.97. The Balaban J connectivity index is 2.39. The van der Waals surface area contributed by atoms with E-state index in [2.05, 4.69) is 19.1 Å². The van der Waals surface area contributed by atoms with Crippen LogP contribution in [0.25, 0.3) is 11.1 Å². The van der Waals surface area contributed by atoms with Gasteiger partial charge in [0.2, 0.25) is 0 Å². The van der Waals surface area contributed by atoms with Crippen molar-refractivity contribution in [3.05, 3.63) is 58.6 Å². The third-order valence-corrected chi connectivity index (χ3v) is 3.21. The van der Waals surface area contributed by atoms with Crippen LogP contribution in [0.2, 0.25) is 5.02 Å². The van der Waals surface area contributed by atoms with Gasteiger partial charge in [-0.15, -0.1) is 0 Å². The summed E-state index contributed by atoms with van der Waals surface area (Å²) in [7, 11) is 0. The van der Waals surface area contributed by atoms with Gasteiger partial charge in [0, 0.05) is 0 Å². The molecule has 0 aliphatic rings. The zero-order chi connectivity index (χ0) is 13.1. The third-order valence-electron chi connectivity index (χ3n) is 2.90. The molecule has 0 bridgehead atoms. The van der Waals surface area contributed by atoms with E-state index >= 15 is 0 Å². The van der Waals surface area contributed by atoms with Crippen LogP contribution < -0.4 is 0 Å². The molecule has 1 N–H and O–H groups in total. The first-order chi connectivity index (χ1) is 8.61. The Morgan fingerprint density at radius 1 is 1.11 bits per heavy atom. The maximum Gasteiger partial charge on any atom is 0.337 e. The van der Waals surface area contributed by atoms with Crippen molar-refractivity contribution in [2.45, 2.75) is 13.3 Å². The Kier molecular flexibility index (Phi) is 3.68. The largest absolute Gasteiger partial charge is 0.478 e. The number of hydrogen-bond acceptors (Lipinski definition) is 1. The van der Waals surface area contributed by atoms with Crippen LogP contribution in [0.1, 0.15) is 22.8 Å². The number of carboxylic acids is 1. The normalized spacial score (nSPS) is 10.3. The molecule has 2 rings (SSSR count). The predicted octanol–water partition coefficient (Wildman–Crippen LogP) is 4.27. The van der Waals surface area contributed by atoms with Crippen LogP contribution in [0, 0.1) is 0 Å². The summed E-state index contributed by atoms with van der Waals surface area (Å²) < 4.78 is 0. The van der Waals surface area contributed by atoms with Crippen molar-refractivity contribution >= 4 is 17.6 Å². The summed E-state index contributed by atoms with van der Waals surface area (Å²) in [6.07, 6.45) is 0.999. The predicted molar refractivity (Wildman–Crippen MR) is 73.2 cm³/mol. The SMILES string of the molecule is CCc1ccc(-c2ccc(C(=O)O)c(Cl)c2)cc1. The van der Waals surface area contributed by atoms with Crippen LogP contribution in [0.15, 0.2) is 42.5 Å². The zero-order valence-corrected chi connectivity index (χ0v) is 10.7. The zero-order valence-electron chi connectivity index (χ0n) is 9.98. The number of carboxylic acid groups (broad SMARTS) is 1. The van der Waals surface area contributed by atoms with Crippen LogP contribution in [0.5, 0.6) is 0 Å². The molecule has 0 fully saturated rings. The third kappa shape index (κ3) is 2.54. The van der Waals surface area contributed by atoms with Gasteiger partial charge in [0.1, 0.15) is 0 Å². The van der Waals surface area contributed by atoms with Gasteiger partial charge in [-0.25, -0.2) is 4.79 Å². The first-order valence-corrected chi connectivity index (χ1v) is 6.11. The standard InChI is InChI=1S/C15H13ClO2/c1-2-10-3-5-11(6-4-10)12-7-8-13(15(17)18)14(16)9-12/h3-9H,2H2,1H3,(H,17,18). The van der Waals surface area contributed by atoms with E-state index < -0.39 is 5.97 Å². The number of hydrogen-bond donors (Lipinski definition) is 1. The summed E-state index contributed by atoms with van der Waals surface area (Å²) in [6.45, 7) is 2.10. The van der Waals surface area contributed by atoms with Crippen molar-refractivity contribution in [2.24, 2.45) is 0 Å². The fraction of sp³-hybridized carbons (Fsp3) is 0.133. The van der Waals surface area contributed by atoms with E-state index in [4.69, 9.17) is 16.7 Å². The van der Waals surface area contributed by atoms with Gasteiger partial charge in [-0.05, 0) is 35.2 Å². The molecule has 2 aromatic carbocycles. The lowest BCUT2D eigenvalue weighted by atomic mass is 10.0. The van der Waals surface area contributed by atoms with E-state index in [-0.39, 0.29) is 10.6 Å².